The van der Waals surface area contributed by atoms with Crippen LogP contribution in [0.1, 0.15) is 38.2 Å². The first kappa shape index (κ1) is 14.4. The van der Waals surface area contributed by atoms with Crippen LogP contribution in [0.5, 0.6) is 0 Å². The molecule has 0 bridgehead atoms. The summed E-state index contributed by atoms with van der Waals surface area (Å²) in [6.45, 7) is 2.21. The molecule has 0 aromatic heterocycles. The second-order valence-corrected chi connectivity index (χ2v) is 5.65. The average molecular weight is 282 g/mol. The maximum atomic E-state index is 12.4. The van der Waals surface area contributed by atoms with Crippen molar-refractivity contribution in [1.29, 1.82) is 0 Å². The number of carbonyl (C=O) groups excluding carboxylic acids is 1. The number of nitrogens with one attached hydrogen (secondary N) is 1. The molecular formula is C15H20ClNO2. The fraction of sp³-hybridized carbons (Fsp3) is 0.533. The molecule has 3 nitrogen and oxygen atoms in total. The van der Waals surface area contributed by atoms with Crippen LogP contribution in [0.4, 0.5) is 0 Å². The van der Waals surface area contributed by atoms with Crippen molar-refractivity contribution in [3.05, 3.63) is 34.9 Å². The number of hydrogen-bond donors (Lipinski definition) is 2. The fourth-order valence-corrected chi connectivity index (χ4v) is 2.68. The lowest BCUT2D eigenvalue weighted by molar-refractivity contribution is -0.130. The summed E-state index contributed by atoms with van der Waals surface area (Å²) in [6, 6.07) is 7.53. The van der Waals surface area contributed by atoms with E-state index in [2.05, 4.69) is 5.32 Å². The molecule has 0 radical (unpaired) electrons. The highest BCUT2D eigenvalue weighted by atomic mass is 35.5. The molecule has 1 unspecified atom stereocenters. The summed E-state index contributed by atoms with van der Waals surface area (Å²) in [5.41, 5.74) is 0.535. The van der Waals surface area contributed by atoms with E-state index < -0.39 is 11.5 Å². The monoisotopic (exact) mass is 281 g/mol. The minimum atomic E-state index is -0.472. The van der Waals surface area contributed by atoms with Crippen LogP contribution in [0.2, 0.25) is 5.02 Å². The van der Waals surface area contributed by atoms with Crippen molar-refractivity contribution in [3.63, 3.8) is 0 Å². The Balaban J connectivity index is 2.12. The van der Waals surface area contributed by atoms with Gasteiger partial charge in [0.15, 0.2) is 0 Å². The highest BCUT2D eigenvalue weighted by Gasteiger charge is 2.45. The van der Waals surface area contributed by atoms with Crippen LogP contribution in [-0.4, -0.2) is 23.7 Å². The van der Waals surface area contributed by atoms with Crippen LogP contribution in [-0.2, 0) is 10.2 Å². The van der Waals surface area contributed by atoms with Crippen LogP contribution in [0.25, 0.3) is 0 Å². The quantitative estimate of drug-likeness (QED) is 0.872. The summed E-state index contributed by atoms with van der Waals surface area (Å²) < 4.78 is 0. The van der Waals surface area contributed by atoms with E-state index in [1.165, 1.54) is 0 Å². The van der Waals surface area contributed by atoms with Crippen LogP contribution < -0.4 is 5.32 Å². The van der Waals surface area contributed by atoms with E-state index in [4.69, 9.17) is 11.6 Å². The highest BCUT2D eigenvalue weighted by Crippen LogP contribution is 2.44. The van der Waals surface area contributed by atoms with Gasteiger partial charge in [0.2, 0.25) is 5.91 Å². The molecule has 1 amide bonds. The molecule has 1 atom stereocenters. The van der Waals surface area contributed by atoms with Crippen LogP contribution >= 0.6 is 11.6 Å². The van der Waals surface area contributed by atoms with E-state index in [1.54, 1.807) is 0 Å². The molecule has 1 aromatic carbocycles. The lowest BCUT2D eigenvalue weighted by Gasteiger charge is -2.41. The van der Waals surface area contributed by atoms with Crippen LogP contribution in [0.15, 0.2) is 24.3 Å². The SMILES string of the molecule is CCC(O)CNC(=O)C1(c2cccc(Cl)c2)CCC1. The van der Waals surface area contributed by atoms with Crippen molar-refractivity contribution in [2.24, 2.45) is 0 Å². The number of carbonyl (C=O) groups is 1. The maximum absolute atomic E-state index is 12.4. The Morgan fingerprint density at radius 1 is 1.53 bits per heavy atom. The molecule has 0 spiro atoms. The van der Waals surface area contributed by atoms with Crippen molar-refractivity contribution < 1.29 is 9.90 Å². The smallest absolute Gasteiger partial charge is 0.230 e. The minimum absolute atomic E-state index is 0.00789. The molecule has 4 heteroatoms. The number of benzene rings is 1. The zero-order chi connectivity index (χ0) is 13.9. The lowest BCUT2D eigenvalue weighted by atomic mass is 9.64. The van der Waals surface area contributed by atoms with Gasteiger partial charge in [-0.3, -0.25) is 4.79 Å². The number of halogens is 1. The molecule has 19 heavy (non-hydrogen) atoms. The summed E-state index contributed by atoms with van der Waals surface area (Å²) in [5.74, 6) is 0.00789. The van der Waals surface area contributed by atoms with Crippen molar-refractivity contribution in [2.45, 2.75) is 44.1 Å². The first-order chi connectivity index (χ1) is 9.08. The number of aliphatic hydroxyl groups is 1. The Morgan fingerprint density at radius 2 is 2.26 bits per heavy atom. The number of amides is 1. The second-order valence-electron chi connectivity index (χ2n) is 5.22. The topological polar surface area (TPSA) is 49.3 Å². The molecule has 0 aliphatic heterocycles. The van der Waals surface area contributed by atoms with Gasteiger partial charge in [-0.2, -0.15) is 0 Å². The summed E-state index contributed by atoms with van der Waals surface area (Å²) >= 11 is 6.01. The third-order valence-electron chi connectivity index (χ3n) is 3.99. The molecule has 2 N–H and O–H groups in total. The van der Waals surface area contributed by atoms with Crippen molar-refractivity contribution in [3.8, 4) is 0 Å². The summed E-state index contributed by atoms with van der Waals surface area (Å²) in [5, 5.41) is 13.1. The molecule has 1 aliphatic rings. The molecule has 1 fully saturated rings. The Kier molecular flexibility index (Phi) is 4.48. The average Bonchev–Trinajstić information content (AvgIpc) is 2.34. The van der Waals surface area contributed by atoms with Gasteiger partial charge in [0.05, 0.1) is 11.5 Å². The van der Waals surface area contributed by atoms with Gasteiger partial charge in [0.1, 0.15) is 0 Å². The molecule has 1 saturated carbocycles. The Labute approximate surface area is 119 Å². The Morgan fingerprint density at radius 3 is 2.79 bits per heavy atom. The zero-order valence-electron chi connectivity index (χ0n) is 11.2. The number of rotatable bonds is 5. The molecule has 1 aromatic rings. The molecule has 0 heterocycles. The van der Waals surface area contributed by atoms with Gasteiger partial charge < -0.3 is 10.4 Å². The van der Waals surface area contributed by atoms with Gasteiger partial charge in [0, 0.05) is 11.6 Å². The third-order valence-corrected chi connectivity index (χ3v) is 4.22. The van der Waals surface area contributed by atoms with E-state index in [-0.39, 0.29) is 5.91 Å². The maximum Gasteiger partial charge on any atom is 0.230 e. The van der Waals surface area contributed by atoms with E-state index in [1.807, 2.05) is 31.2 Å². The highest BCUT2D eigenvalue weighted by molar-refractivity contribution is 6.30. The van der Waals surface area contributed by atoms with Crippen molar-refractivity contribution in [1.82, 2.24) is 5.32 Å². The van der Waals surface area contributed by atoms with E-state index in [0.717, 1.165) is 24.8 Å². The van der Waals surface area contributed by atoms with Gasteiger partial charge in [-0.1, -0.05) is 37.1 Å². The van der Waals surface area contributed by atoms with Crippen molar-refractivity contribution in [2.75, 3.05) is 6.54 Å². The Bertz CT molecular complexity index is 457. The van der Waals surface area contributed by atoms with Gasteiger partial charge in [0.25, 0.3) is 0 Å². The van der Waals surface area contributed by atoms with Gasteiger partial charge >= 0.3 is 0 Å². The molecular weight excluding hydrogens is 262 g/mol. The largest absolute Gasteiger partial charge is 0.391 e. The fourth-order valence-electron chi connectivity index (χ4n) is 2.49. The standard InChI is InChI=1S/C15H20ClNO2/c1-2-13(18)10-17-14(19)15(7-4-8-15)11-5-3-6-12(16)9-11/h3,5-6,9,13,18H,2,4,7-8,10H2,1H3,(H,17,19). The number of aliphatic hydroxyl groups excluding tert-OH is 1. The molecule has 1 aliphatic carbocycles. The number of hydrogen-bond acceptors (Lipinski definition) is 2. The van der Waals surface area contributed by atoms with E-state index >= 15 is 0 Å². The van der Waals surface area contributed by atoms with Gasteiger partial charge in [-0.25, -0.2) is 0 Å². The van der Waals surface area contributed by atoms with E-state index in [0.29, 0.717) is 18.0 Å². The zero-order valence-corrected chi connectivity index (χ0v) is 11.9. The third kappa shape index (κ3) is 2.93. The molecule has 104 valence electrons. The van der Waals surface area contributed by atoms with Crippen LogP contribution in [0.3, 0.4) is 0 Å². The predicted octanol–water partition coefficient (Wildman–Crippen LogP) is 2.65. The summed E-state index contributed by atoms with van der Waals surface area (Å²) in [7, 11) is 0. The van der Waals surface area contributed by atoms with Crippen molar-refractivity contribution >= 4 is 17.5 Å². The first-order valence-electron chi connectivity index (χ1n) is 6.81. The lowest BCUT2D eigenvalue weighted by Crippen LogP contribution is -2.50. The molecule has 2 rings (SSSR count). The van der Waals surface area contributed by atoms with Gasteiger partial charge in [-0.15, -0.1) is 0 Å². The first-order valence-corrected chi connectivity index (χ1v) is 7.18. The molecule has 0 saturated heterocycles. The normalized spacial score (nSPS) is 18.5. The Hall–Kier alpha value is -1.06. The summed E-state index contributed by atoms with van der Waals surface area (Å²) in [4.78, 5) is 12.4. The predicted molar refractivity (Wildman–Crippen MR) is 76.3 cm³/mol. The summed E-state index contributed by atoms with van der Waals surface area (Å²) in [6.07, 6.45) is 2.92. The van der Waals surface area contributed by atoms with Gasteiger partial charge in [-0.05, 0) is 37.0 Å². The van der Waals surface area contributed by atoms with Crippen LogP contribution in [0, 0.1) is 0 Å². The minimum Gasteiger partial charge on any atom is -0.391 e. The second kappa shape index (κ2) is 5.93. The van der Waals surface area contributed by atoms with E-state index in [9.17, 15) is 9.90 Å².